The van der Waals surface area contributed by atoms with Crippen molar-refractivity contribution in [3.8, 4) is 0 Å². The molecule has 0 amide bonds. The topological polar surface area (TPSA) is 108 Å². The summed E-state index contributed by atoms with van der Waals surface area (Å²) in [5, 5.41) is 0. The number of ether oxygens (including phenoxy) is 2. The van der Waals surface area contributed by atoms with Crippen molar-refractivity contribution in [2.24, 2.45) is 0 Å². The van der Waals surface area contributed by atoms with Gasteiger partial charge in [0.05, 0.1) is 27.7 Å². The number of phosphoric acid groups is 1. The Bertz CT molecular complexity index is 2000. The van der Waals surface area contributed by atoms with E-state index in [1.165, 1.54) is 135 Å². The third kappa shape index (κ3) is 71.0. The van der Waals surface area contributed by atoms with Gasteiger partial charge in [0.15, 0.2) is 6.10 Å². The van der Waals surface area contributed by atoms with Crippen molar-refractivity contribution in [3.05, 3.63) is 146 Å². The SMILES string of the molecule is CC/C=C\C/C=C\C/C=C\C/C=C\C/C=C\C/C=C\C/C=C\C/C=C\C/C=C\C/C=C\CCCCCCCCCCC(=O)OC(COC(=O)CCCCCCCCCCCCCCC/C=C\C/C=C\CCCCCCC)COP(=O)(O)OCC[N+](C)(C)C. The zero-order valence-electron chi connectivity index (χ0n) is 57.2. The van der Waals surface area contributed by atoms with Crippen LogP contribution in [0.2, 0.25) is 0 Å². The minimum absolute atomic E-state index is 0.0235. The van der Waals surface area contributed by atoms with Crippen molar-refractivity contribution in [2.45, 2.75) is 290 Å². The smallest absolute Gasteiger partial charge is 0.462 e. The lowest BCUT2D eigenvalue weighted by Crippen LogP contribution is -2.37. The molecule has 0 spiro atoms. The Kier molecular flexibility index (Phi) is 64.1. The van der Waals surface area contributed by atoms with Gasteiger partial charge in [-0.2, -0.15) is 0 Å². The fourth-order valence-corrected chi connectivity index (χ4v) is 10.2. The Morgan fingerprint density at radius 2 is 0.648 bits per heavy atom. The van der Waals surface area contributed by atoms with Crippen molar-refractivity contribution in [1.29, 1.82) is 0 Å². The summed E-state index contributed by atoms with van der Waals surface area (Å²) >= 11 is 0. The first-order valence-electron chi connectivity index (χ1n) is 35.6. The Labute approximate surface area is 542 Å². The van der Waals surface area contributed by atoms with Crippen LogP contribution in [-0.2, 0) is 32.7 Å². The number of rotatable bonds is 64. The van der Waals surface area contributed by atoms with E-state index in [1.807, 2.05) is 21.1 Å². The van der Waals surface area contributed by atoms with E-state index in [9.17, 15) is 19.0 Å². The molecular weight excluding hydrogens is 1110 g/mol. The number of phosphoric ester groups is 1. The van der Waals surface area contributed by atoms with Gasteiger partial charge >= 0.3 is 19.8 Å². The van der Waals surface area contributed by atoms with Crippen LogP contribution in [0, 0.1) is 0 Å². The maximum absolute atomic E-state index is 12.9. The van der Waals surface area contributed by atoms with Crippen LogP contribution in [0.5, 0.6) is 0 Å². The highest BCUT2D eigenvalue weighted by Gasteiger charge is 2.27. The molecule has 0 fully saturated rings. The summed E-state index contributed by atoms with van der Waals surface area (Å²) in [5.74, 6) is -0.810. The number of carbonyl (C=O) groups is 2. The van der Waals surface area contributed by atoms with Gasteiger partial charge in [-0.25, -0.2) is 4.57 Å². The quantitative estimate of drug-likeness (QED) is 0.0211. The molecule has 9 nitrogen and oxygen atoms in total. The molecule has 1 N–H and O–H groups in total. The maximum Gasteiger partial charge on any atom is 0.472 e. The third-order valence-electron chi connectivity index (χ3n) is 14.9. The lowest BCUT2D eigenvalue weighted by atomic mass is 10.0. The number of carbonyl (C=O) groups excluding carboxylic acids is 2. The van der Waals surface area contributed by atoms with E-state index in [0.717, 1.165) is 116 Å². The number of nitrogens with zero attached hydrogens (tertiary/aromatic N) is 1. The molecule has 0 aliphatic heterocycles. The average molecular weight is 1240 g/mol. The molecule has 0 saturated carbocycles. The Morgan fingerprint density at radius 1 is 0.364 bits per heavy atom. The number of likely N-dealkylation sites (N-methyl/N-ethyl adjacent to an activating group) is 1. The minimum atomic E-state index is -4.40. The van der Waals surface area contributed by atoms with Gasteiger partial charge in [0, 0.05) is 12.8 Å². The van der Waals surface area contributed by atoms with Gasteiger partial charge in [0.1, 0.15) is 19.8 Å². The molecule has 0 rings (SSSR count). The average Bonchev–Trinajstić information content (AvgIpc) is 3.68. The number of hydrogen-bond donors (Lipinski definition) is 1. The number of quaternary nitrogens is 1. The van der Waals surface area contributed by atoms with E-state index in [-0.39, 0.29) is 32.0 Å². The molecule has 502 valence electrons. The molecule has 2 unspecified atom stereocenters. The molecule has 0 aromatic carbocycles. The summed E-state index contributed by atoms with van der Waals surface area (Å²) in [6, 6.07) is 0. The van der Waals surface area contributed by atoms with Crippen molar-refractivity contribution in [2.75, 3.05) is 47.5 Å². The second-order valence-electron chi connectivity index (χ2n) is 24.5. The summed E-state index contributed by atoms with van der Waals surface area (Å²) in [7, 11) is 1.46. The van der Waals surface area contributed by atoms with Gasteiger partial charge in [0.2, 0.25) is 0 Å². The van der Waals surface area contributed by atoms with Gasteiger partial charge in [-0.3, -0.25) is 18.6 Å². The van der Waals surface area contributed by atoms with Crippen LogP contribution in [0.1, 0.15) is 284 Å². The Balaban J connectivity index is 4.12. The van der Waals surface area contributed by atoms with E-state index in [4.69, 9.17) is 18.5 Å². The van der Waals surface area contributed by atoms with Crippen LogP contribution < -0.4 is 0 Å². The lowest BCUT2D eigenvalue weighted by Gasteiger charge is -2.24. The molecule has 2 atom stereocenters. The molecule has 0 bridgehead atoms. The summed E-state index contributed by atoms with van der Waals surface area (Å²) in [5.41, 5.74) is 0. The van der Waals surface area contributed by atoms with E-state index in [2.05, 4.69) is 160 Å². The van der Waals surface area contributed by atoms with Crippen molar-refractivity contribution in [3.63, 3.8) is 0 Å². The first-order chi connectivity index (χ1) is 43.0. The van der Waals surface area contributed by atoms with Crippen LogP contribution in [0.4, 0.5) is 0 Å². The first-order valence-corrected chi connectivity index (χ1v) is 37.1. The van der Waals surface area contributed by atoms with Crippen LogP contribution in [0.25, 0.3) is 0 Å². The maximum atomic E-state index is 12.9. The molecule has 0 radical (unpaired) electrons. The normalized spacial score (nSPS) is 14.0. The van der Waals surface area contributed by atoms with Crippen LogP contribution in [0.3, 0.4) is 0 Å². The monoisotopic (exact) mass is 1240 g/mol. The van der Waals surface area contributed by atoms with Gasteiger partial charge in [-0.05, 0) is 122 Å². The second-order valence-corrected chi connectivity index (χ2v) is 26.0. The fourth-order valence-electron chi connectivity index (χ4n) is 9.43. The second kappa shape index (κ2) is 67.3. The fraction of sp³-hybridized carbons (Fsp3) is 0.667. The van der Waals surface area contributed by atoms with Crippen molar-refractivity contribution >= 4 is 19.8 Å². The van der Waals surface area contributed by atoms with Gasteiger partial charge in [-0.1, -0.05) is 295 Å². The zero-order chi connectivity index (χ0) is 64.1. The molecule has 0 heterocycles. The molecule has 10 heteroatoms. The van der Waals surface area contributed by atoms with Crippen molar-refractivity contribution < 1.29 is 42.1 Å². The van der Waals surface area contributed by atoms with Gasteiger partial charge < -0.3 is 18.9 Å². The lowest BCUT2D eigenvalue weighted by molar-refractivity contribution is -0.870. The van der Waals surface area contributed by atoms with Crippen molar-refractivity contribution in [1.82, 2.24) is 0 Å². The summed E-state index contributed by atoms with van der Waals surface area (Å²) in [6.07, 6.45) is 99.4. The summed E-state index contributed by atoms with van der Waals surface area (Å²) in [4.78, 5) is 35.9. The molecule has 0 aromatic rings. The zero-order valence-corrected chi connectivity index (χ0v) is 58.1. The molecule has 0 aliphatic carbocycles. The van der Waals surface area contributed by atoms with E-state index in [0.29, 0.717) is 17.4 Å². The molecule has 88 heavy (non-hydrogen) atoms. The number of hydrogen-bond acceptors (Lipinski definition) is 7. The van der Waals surface area contributed by atoms with E-state index >= 15 is 0 Å². The van der Waals surface area contributed by atoms with Crippen LogP contribution in [0.15, 0.2) is 146 Å². The first kappa shape index (κ1) is 83.9. The number of unbranched alkanes of at least 4 members (excludes halogenated alkanes) is 26. The highest BCUT2D eigenvalue weighted by Crippen LogP contribution is 2.43. The molecule has 0 aliphatic rings. The number of esters is 2. The van der Waals surface area contributed by atoms with Gasteiger partial charge in [-0.15, -0.1) is 0 Å². The van der Waals surface area contributed by atoms with E-state index < -0.39 is 26.5 Å². The summed E-state index contributed by atoms with van der Waals surface area (Å²) < 4.78 is 34.7. The standard InChI is InChI=1S/C78H132NO8P/c1-6-8-10-12-14-16-18-20-22-24-26-28-30-32-33-34-35-36-37-38-39-40-41-42-43-44-45-47-49-51-53-55-57-59-61-63-65-67-69-71-78(81)87-76(75-86-88(82,83)85-73-72-79(3,4)5)74-84-77(80)70-68-66-64-62-60-58-56-54-52-50-48-46-31-29-27-25-23-21-19-17-15-13-11-9-7-2/h8,10,14,16,19-22,25-28,32-33,35-36,38-39,41-42,44-45,49,51,76H,6-7,9,11-13,15,17-18,23-24,29-31,34,37,40,43,46-48,50,52-75H2,1-5H3/p+1/b10-8-,16-14-,21-19-,22-20-,27-25-,28-26-,33-32-,36-35-,39-38-,42-41-,45-44-,51-49-. The highest BCUT2D eigenvalue weighted by atomic mass is 31.2. The van der Waals surface area contributed by atoms with Crippen LogP contribution in [-0.4, -0.2) is 74.9 Å². The highest BCUT2D eigenvalue weighted by molar-refractivity contribution is 7.47. The van der Waals surface area contributed by atoms with Crippen LogP contribution >= 0.6 is 7.82 Å². The predicted molar refractivity (Wildman–Crippen MR) is 380 cm³/mol. The predicted octanol–water partition coefficient (Wildman–Crippen LogP) is 23.4. The summed E-state index contributed by atoms with van der Waals surface area (Å²) in [6.45, 7) is 4.31. The Morgan fingerprint density at radius 3 is 0.966 bits per heavy atom. The molecular formula is C78H133NO8P+. The van der Waals surface area contributed by atoms with Gasteiger partial charge in [0.25, 0.3) is 0 Å². The Hall–Kier alpha value is -4.11. The molecule has 0 saturated heterocycles. The third-order valence-corrected chi connectivity index (χ3v) is 15.8. The molecule has 0 aromatic heterocycles. The minimum Gasteiger partial charge on any atom is -0.462 e. The van der Waals surface area contributed by atoms with E-state index in [1.54, 1.807) is 0 Å². The largest absolute Gasteiger partial charge is 0.472 e. The number of allylic oxidation sites excluding steroid dienone is 24.